The van der Waals surface area contributed by atoms with Crippen LogP contribution in [0.2, 0.25) is 0 Å². The van der Waals surface area contributed by atoms with E-state index in [2.05, 4.69) is 264 Å². The van der Waals surface area contributed by atoms with Gasteiger partial charge in [-0.15, -0.1) is 0 Å². The Morgan fingerprint density at radius 2 is 0.725 bits per heavy atom. The fraction of sp³-hybridized carbons (Fsp3) is 0. The number of hydrogen-bond donors (Lipinski definition) is 0. The van der Waals surface area contributed by atoms with Crippen molar-refractivity contribution in [1.29, 1.82) is 0 Å². The molecular formula is C66H44N2O. The monoisotopic (exact) mass is 880 g/mol. The number of aromatic nitrogens is 1. The zero-order valence-electron chi connectivity index (χ0n) is 37.7. The van der Waals surface area contributed by atoms with Crippen LogP contribution in [0.25, 0.3) is 105 Å². The Labute approximate surface area is 401 Å². The summed E-state index contributed by atoms with van der Waals surface area (Å²) in [5.74, 6) is 0. The lowest BCUT2D eigenvalue weighted by atomic mass is 9.96. The number of nitrogens with zero attached hydrogens (tertiary/aromatic N) is 2. The summed E-state index contributed by atoms with van der Waals surface area (Å²) in [5, 5.41) is 4.77. The second kappa shape index (κ2) is 16.9. The molecule has 0 atom stereocenters. The molecule has 0 aliphatic carbocycles. The number of benzene rings is 11. The van der Waals surface area contributed by atoms with Crippen LogP contribution in [0.15, 0.2) is 271 Å². The minimum absolute atomic E-state index is 0.875. The molecule has 0 fully saturated rings. The number of anilines is 3. The number of hydrogen-bond acceptors (Lipinski definition) is 2. The smallest absolute Gasteiger partial charge is 0.136 e. The van der Waals surface area contributed by atoms with E-state index in [1.165, 1.54) is 44.1 Å². The standard InChI is InChI=1S/C66H44N2O/c1-2-15-45(16-3-1)46-29-31-49(32-30-46)55-19-4-9-24-61(55)67(62-25-10-5-20-56(62)52-37-42-60-59-23-8-13-28-65(59)69-66(60)44-52)53-38-33-47(34-39-53)50-17-14-18-51(43-50)48-35-40-54(41-36-48)68-63-26-11-6-21-57(63)58-22-7-12-27-64(58)68/h1-44H. The Morgan fingerprint density at radius 3 is 1.39 bits per heavy atom. The first-order chi connectivity index (χ1) is 34.2. The first-order valence-electron chi connectivity index (χ1n) is 23.6. The van der Waals surface area contributed by atoms with Crippen molar-refractivity contribution in [3.05, 3.63) is 267 Å². The van der Waals surface area contributed by atoms with Crippen molar-refractivity contribution in [3.63, 3.8) is 0 Å². The van der Waals surface area contributed by atoms with E-state index in [0.29, 0.717) is 0 Å². The molecule has 13 aromatic rings. The highest BCUT2D eigenvalue weighted by atomic mass is 16.3. The summed E-state index contributed by atoms with van der Waals surface area (Å²) in [6.45, 7) is 0. The van der Waals surface area contributed by atoms with Crippen LogP contribution in [0, 0.1) is 0 Å². The average Bonchev–Trinajstić information content (AvgIpc) is 3.97. The van der Waals surface area contributed by atoms with E-state index in [1.54, 1.807) is 0 Å². The lowest BCUT2D eigenvalue weighted by molar-refractivity contribution is 0.669. The van der Waals surface area contributed by atoms with Crippen molar-refractivity contribution in [2.45, 2.75) is 0 Å². The van der Waals surface area contributed by atoms with E-state index in [1.807, 2.05) is 12.1 Å². The summed E-state index contributed by atoms with van der Waals surface area (Å²) in [7, 11) is 0. The number of para-hydroxylation sites is 5. The maximum absolute atomic E-state index is 6.43. The van der Waals surface area contributed by atoms with E-state index < -0.39 is 0 Å². The SMILES string of the molecule is c1ccc(-c2ccc(-c3ccccc3N(c3ccc(-c4cccc(-c5ccc(-n6c7ccccc7c7ccccc76)cc5)c4)cc3)c3ccccc3-c3ccc4c(c3)oc3ccccc34)cc2)cc1. The minimum Gasteiger partial charge on any atom is -0.456 e. The average molecular weight is 881 g/mol. The molecule has 2 heterocycles. The maximum atomic E-state index is 6.43. The number of fused-ring (bicyclic) bond motifs is 6. The van der Waals surface area contributed by atoms with Crippen LogP contribution in [0.3, 0.4) is 0 Å². The highest BCUT2D eigenvalue weighted by Gasteiger charge is 2.22. The van der Waals surface area contributed by atoms with Crippen LogP contribution in [0.4, 0.5) is 17.1 Å². The quantitative estimate of drug-likeness (QED) is 0.144. The Hall–Kier alpha value is -9.18. The van der Waals surface area contributed by atoms with Gasteiger partial charge in [-0.05, 0) is 117 Å². The van der Waals surface area contributed by atoms with Crippen LogP contribution in [-0.4, -0.2) is 4.57 Å². The van der Waals surface area contributed by atoms with Crippen LogP contribution in [-0.2, 0) is 0 Å². The lowest BCUT2D eigenvalue weighted by Gasteiger charge is -2.30. The van der Waals surface area contributed by atoms with Gasteiger partial charge in [-0.3, -0.25) is 0 Å². The molecule has 69 heavy (non-hydrogen) atoms. The third-order valence-electron chi connectivity index (χ3n) is 13.6. The van der Waals surface area contributed by atoms with E-state index in [0.717, 1.165) is 78.1 Å². The molecule has 0 aliphatic heterocycles. The molecule has 0 amide bonds. The second-order valence-electron chi connectivity index (χ2n) is 17.7. The molecule has 0 saturated heterocycles. The van der Waals surface area contributed by atoms with E-state index in [4.69, 9.17) is 4.42 Å². The third-order valence-corrected chi connectivity index (χ3v) is 13.6. The summed E-state index contributed by atoms with van der Waals surface area (Å²) >= 11 is 0. The molecule has 324 valence electrons. The van der Waals surface area contributed by atoms with Gasteiger partial charge in [0, 0.05) is 44.0 Å². The summed E-state index contributed by atoms with van der Waals surface area (Å²) in [5.41, 5.74) is 20.1. The predicted molar refractivity (Wildman–Crippen MR) is 290 cm³/mol. The molecule has 3 nitrogen and oxygen atoms in total. The number of furan rings is 1. The first-order valence-corrected chi connectivity index (χ1v) is 23.6. The summed E-state index contributed by atoms with van der Waals surface area (Å²) in [6.07, 6.45) is 0. The van der Waals surface area contributed by atoms with E-state index in [9.17, 15) is 0 Å². The Balaban J connectivity index is 0.884. The molecule has 0 radical (unpaired) electrons. The van der Waals surface area contributed by atoms with Crippen molar-refractivity contribution in [2.75, 3.05) is 4.90 Å². The normalized spacial score (nSPS) is 11.5. The summed E-state index contributed by atoms with van der Waals surface area (Å²) in [6, 6.07) is 96.1. The van der Waals surface area contributed by atoms with Gasteiger partial charge in [0.05, 0.1) is 22.4 Å². The largest absolute Gasteiger partial charge is 0.456 e. The van der Waals surface area contributed by atoms with Gasteiger partial charge in [0.1, 0.15) is 11.2 Å². The molecule has 2 aromatic heterocycles. The highest BCUT2D eigenvalue weighted by molar-refractivity contribution is 6.09. The van der Waals surface area contributed by atoms with Gasteiger partial charge in [0.25, 0.3) is 0 Å². The fourth-order valence-corrected chi connectivity index (χ4v) is 10.3. The van der Waals surface area contributed by atoms with Crippen molar-refractivity contribution in [1.82, 2.24) is 4.57 Å². The minimum atomic E-state index is 0.875. The van der Waals surface area contributed by atoms with Gasteiger partial charge in [-0.2, -0.15) is 0 Å². The molecule has 0 aliphatic rings. The molecule has 0 bridgehead atoms. The molecule has 0 spiro atoms. The van der Waals surface area contributed by atoms with Crippen LogP contribution in [0.5, 0.6) is 0 Å². The molecule has 11 aromatic carbocycles. The van der Waals surface area contributed by atoms with Gasteiger partial charge in [0.15, 0.2) is 0 Å². The first kappa shape index (κ1) is 40.1. The van der Waals surface area contributed by atoms with Crippen molar-refractivity contribution >= 4 is 60.8 Å². The predicted octanol–water partition coefficient (Wildman–Crippen LogP) is 18.5. The van der Waals surface area contributed by atoms with Gasteiger partial charge in [-0.1, -0.05) is 194 Å². The van der Waals surface area contributed by atoms with Crippen molar-refractivity contribution in [2.24, 2.45) is 0 Å². The van der Waals surface area contributed by atoms with Gasteiger partial charge < -0.3 is 13.9 Å². The Morgan fingerprint density at radius 1 is 0.275 bits per heavy atom. The number of rotatable bonds is 9. The molecule has 0 unspecified atom stereocenters. The van der Waals surface area contributed by atoms with Crippen molar-refractivity contribution < 1.29 is 4.42 Å². The Kier molecular flexibility index (Phi) is 9.84. The van der Waals surface area contributed by atoms with Gasteiger partial charge in [-0.25, -0.2) is 0 Å². The van der Waals surface area contributed by atoms with Gasteiger partial charge in [0.2, 0.25) is 0 Å². The molecule has 0 N–H and O–H groups in total. The van der Waals surface area contributed by atoms with Gasteiger partial charge >= 0.3 is 0 Å². The molecule has 3 heteroatoms. The topological polar surface area (TPSA) is 21.3 Å². The van der Waals surface area contributed by atoms with Crippen LogP contribution < -0.4 is 4.90 Å². The maximum Gasteiger partial charge on any atom is 0.136 e. The van der Waals surface area contributed by atoms with Crippen LogP contribution in [0.1, 0.15) is 0 Å². The summed E-state index contributed by atoms with van der Waals surface area (Å²) < 4.78 is 8.80. The third kappa shape index (κ3) is 7.16. The highest BCUT2D eigenvalue weighted by Crippen LogP contribution is 2.46. The molecule has 0 saturated carbocycles. The Bertz CT molecular complexity index is 3940. The van der Waals surface area contributed by atoms with E-state index >= 15 is 0 Å². The fourth-order valence-electron chi connectivity index (χ4n) is 10.3. The molecule has 13 rings (SSSR count). The second-order valence-corrected chi connectivity index (χ2v) is 17.7. The van der Waals surface area contributed by atoms with Crippen molar-refractivity contribution in [3.8, 4) is 61.3 Å². The zero-order valence-corrected chi connectivity index (χ0v) is 37.7. The zero-order chi connectivity index (χ0) is 45.7. The lowest BCUT2D eigenvalue weighted by Crippen LogP contribution is -2.12. The molecular weight excluding hydrogens is 837 g/mol. The summed E-state index contributed by atoms with van der Waals surface area (Å²) in [4.78, 5) is 2.41. The van der Waals surface area contributed by atoms with Crippen LogP contribution >= 0.6 is 0 Å². The van der Waals surface area contributed by atoms with E-state index in [-0.39, 0.29) is 0 Å².